The van der Waals surface area contributed by atoms with Crippen LogP contribution in [0.3, 0.4) is 0 Å². The molecule has 1 aromatic carbocycles. The van der Waals surface area contributed by atoms with E-state index in [1.54, 1.807) is 14.2 Å². The van der Waals surface area contributed by atoms with Crippen molar-refractivity contribution in [2.75, 3.05) is 92.4 Å². The molecule has 12 heteroatoms. The van der Waals surface area contributed by atoms with Crippen molar-refractivity contribution >= 4 is 11.7 Å². The molecule has 2 fully saturated rings. The van der Waals surface area contributed by atoms with E-state index in [2.05, 4.69) is 73.2 Å². The van der Waals surface area contributed by atoms with Crippen LogP contribution in [0.2, 0.25) is 0 Å². The van der Waals surface area contributed by atoms with Gasteiger partial charge >= 0.3 is 0 Å². The van der Waals surface area contributed by atoms with Gasteiger partial charge in [0.2, 0.25) is 5.91 Å². The molecule has 0 saturated carbocycles. The largest absolute Gasteiger partial charge is 0.513 e. The smallest absolute Gasteiger partial charge is 0.225 e. The molecule has 2 saturated heterocycles. The number of pyridine rings is 1. The molecule has 3 heterocycles. The second-order valence-electron chi connectivity index (χ2n) is 13.1. The van der Waals surface area contributed by atoms with Gasteiger partial charge < -0.3 is 44.7 Å². The summed E-state index contributed by atoms with van der Waals surface area (Å²) in [5.74, 6) is 1.32. The second kappa shape index (κ2) is 26.6. The minimum absolute atomic E-state index is 0.0797. The fourth-order valence-corrected chi connectivity index (χ4v) is 6.09. The standard InChI is InChI=1S/C35H54N4O5.C3H6O.CH5N.CH4O/c1-6-7-15-38(26-34(41-4)42-5)33(40)12-20-43-19-11-30-9-8-10-31(23-30)25-37-16-13-35(14-17-37)27-39(18-21-44-35)32-22-28(2)29(3)24-36-32;1-3(2)4;2*1-2/h8-10,22-24,34H,6-7,11-21,25-27H2,1-5H3;4H,1H2,2H3;2H2,1H3;2H,1H3. The Hall–Kier alpha value is -3.10. The SMILES string of the molecule is C=C(C)O.CCCCN(CC(OC)OC)C(=O)CCOCCc1cccc(CN2CCC3(CC2)CN(c2cc(C)c(C)cn2)CCO3)c1.CN.CO. The molecule has 2 aliphatic heterocycles. The Morgan fingerprint density at radius 1 is 1.08 bits per heavy atom. The van der Waals surface area contributed by atoms with E-state index in [0.717, 1.165) is 84.4 Å². The number of aromatic nitrogens is 1. The normalized spacial score (nSPS) is 15.1. The van der Waals surface area contributed by atoms with Gasteiger partial charge in [-0.25, -0.2) is 4.98 Å². The van der Waals surface area contributed by atoms with Crippen molar-refractivity contribution in [1.29, 1.82) is 0 Å². The van der Waals surface area contributed by atoms with E-state index in [0.29, 0.717) is 32.7 Å². The zero-order valence-corrected chi connectivity index (χ0v) is 33.4. The summed E-state index contributed by atoms with van der Waals surface area (Å²) in [5, 5.41) is 14.9. The molecule has 2 aliphatic rings. The number of hydrogen-bond acceptors (Lipinski definition) is 11. The van der Waals surface area contributed by atoms with E-state index >= 15 is 0 Å². The predicted octanol–water partition coefficient (Wildman–Crippen LogP) is 5.03. The fourth-order valence-electron chi connectivity index (χ4n) is 6.09. The highest BCUT2D eigenvalue weighted by Gasteiger charge is 2.40. The first-order chi connectivity index (χ1) is 25.1. The third-order valence-electron chi connectivity index (χ3n) is 9.12. The van der Waals surface area contributed by atoms with Crippen LogP contribution in [0.25, 0.3) is 0 Å². The molecule has 2 aromatic rings. The van der Waals surface area contributed by atoms with E-state index in [9.17, 15) is 4.79 Å². The predicted molar refractivity (Wildman–Crippen MR) is 210 cm³/mol. The maximum absolute atomic E-state index is 12.8. The molecule has 1 amide bonds. The summed E-state index contributed by atoms with van der Waals surface area (Å²) in [6, 6.07) is 11.0. The first-order valence-corrected chi connectivity index (χ1v) is 18.5. The number of aliphatic hydroxyl groups is 2. The van der Waals surface area contributed by atoms with E-state index in [1.165, 1.54) is 36.2 Å². The number of morpholine rings is 1. The maximum atomic E-state index is 12.8. The summed E-state index contributed by atoms with van der Waals surface area (Å²) < 4.78 is 22.9. The molecule has 0 aliphatic carbocycles. The zero-order chi connectivity index (χ0) is 38.9. The number of ether oxygens (including phenoxy) is 4. The van der Waals surface area contributed by atoms with Crippen molar-refractivity contribution < 1.29 is 34.0 Å². The number of aryl methyl sites for hydroxylation is 2. The van der Waals surface area contributed by atoms with E-state index < -0.39 is 6.29 Å². The number of piperidine rings is 1. The summed E-state index contributed by atoms with van der Waals surface area (Å²) >= 11 is 0. The van der Waals surface area contributed by atoms with Crippen LogP contribution in [0.4, 0.5) is 5.82 Å². The average molecular weight is 732 g/mol. The van der Waals surface area contributed by atoms with Gasteiger partial charge in [0.1, 0.15) is 5.82 Å². The van der Waals surface area contributed by atoms with Crippen molar-refractivity contribution in [3.63, 3.8) is 0 Å². The van der Waals surface area contributed by atoms with Gasteiger partial charge in [-0.15, -0.1) is 0 Å². The molecule has 12 nitrogen and oxygen atoms in total. The number of likely N-dealkylation sites (tertiary alicyclic amines) is 1. The quantitative estimate of drug-likeness (QED) is 0.122. The molecule has 1 spiro atoms. The number of unbranched alkanes of at least 4 members (excludes halogenated alkanes) is 1. The van der Waals surface area contributed by atoms with Crippen LogP contribution in [-0.2, 0) is 36.7 Å². The van der Waals surface area contributed by atoms with Gasteiger partial charge in [-0.1, -0.05) is 44.2 Å². The molecule has 52 heavy (non-hydrogen) atoms. The van der Waals surface area contributed by atoms with Gasteiger partial charge in [0, 0.05) is 66.8 Å². The van der Waals surface area contributed by atoms with Crippen molar-refractivity contribution in [3.05, 3.63) is 71.1 Å². The van der Waals surface area contributed by atoms with Gasteiger partial charge in [0.25, 0.3) is 0 Å². The molecular weight excluding hydrogens is 662 g/mol. The van der Waals surface area contributed by atoms with Gasteiger partial charge in [0.15, 0.2) is 6.29 Å². The lowest BCUT2D eigenvalue weighted by atomic mass is 9.89. The zero-order valence-electron chi connectivity index (χ0n) is 33.4. The Morgan fingerprint density at radius 2 is 1.73 bits per heavy atom. The number of hydrogen-bond donors (Lipinski definition) is 3. The molecule has 0 atom stereocenters. The number of rotatable bonds is 16. The number of amides is 1. The summed E-state index contributed by atoms with van der Waals surface area (Å²) in [4.78, 5) is 24.3. The minimum Gasteiger partial charge on any atom is -0.513 e. The minimum atomic E-state index is -0.410. The molecule has 0 bridgehead atoms. The number of benzene rings is 1. The number of nitrogens with zero attached hydrogens (tertiary/aromatic N) is 4. The molecule has 1 aromatic heterocycles. The van der Waals surface area contributed by atoms with Crippen molar-refractivity contribution in [3.8, 4) is 0 Å². The topological polar surface area (TPSA) is 143 Å². The lowest BCUT2D eigenvalue weighted by Gasteiger charge is -2.47. The Labute approximate surface area is 313 Å². The molecule has 0 radical (unpaired) electrons. The third-order valence-corrected chi connectivity index (χ3v) is 9.12. The van der Waals surface area contributed by atoms with E-state index in [1.807, 2.05) is 11.1 Å². The van der Waals surface area contributed by atoms with Crippen LogP contribution in [0.1, 0.15) is 68.2 Å². The maximum Gasteiger partial charge on any atom is 0.225 e. The van der Waals surface area contributed by atoms with Crippen molar-refractivity contribution in [1.82, 2.24) is 14.8 Å². The van der Waals surface area contributed by atoms with Gasteiger partial charge in [-0.05, 0) is 81.8 Å². The van der Waals surface area contributed by atoms with Crippen LogP contribution >= 0.6 is 0 Å². The van der Waals surface area contributed by atoms with Gasteiger partial charge in [0.05, 0.1) is 44.1 Å². The number of carbonyl (C=O) groups excluding carboxylic acids is 1. The van der Waals surface area contributed by atoms with Crippen molar-refractivity contribution in [2.45, 2.75) is 84.7 Å². The molecule has 0 unspecified atom stereocenters. The van der Waals surface area contributed by atoms with Crippen LogP contribution in [0.5, 0.6) is 0 Å². The Balaban J connectivity index is 0.00000155. The van der Waals surface area contributed by atoms with Crippen LogP contribution in [-0.4, -0.2) is 130 Å². The first-order valence-electron chi connectivity index (χ1n) is 18.5. The molecule has 4 rings (SSSR count). The highest BCUT2D eigenvalue weighted by atomic mass is 16.7. The number of aliphatic hydroxyl groups excluding tert-OH is 2. The number of nitrogens with two attached hydrogens (primary N) is 1. The highest BCUT2D eigenvalue weighted by Crippen LogP contribution is 2.32. The van der Waals surface area contributed by atoms with Crippen LogP contribution in [0, 0.1) is 13.8 Å². The lowest BCUT2D eigenvalue weighted by molar-refractivity contribution is -0.146. The Bertz CT molecular complexity index is 1260. The van der Waals surface area contributed by atoms with Gasteiger partial charge in [-0.2, -0.15) is 0 Å². The van der Waals surface area contributed by atoms with Crippen molar-refractivity contribution in [2.24, 2.45) is 5.73 Å². The van der Waals surface area contributed by atoms with E-state index in [4.69, 9.17) is 34.1 Å². The second-order valence-corrected chi connectivity index (χ2v) is 13.1. The number of carbonyl (C=O) groups is 1. The highest BCUT2D eigenvalue weighted by molar-refractivity contribution is 5.76. The Kier molecular flexibility index (Phi) is 24.0. The van der Waals surface area contributed by atoms with Crippen LogP contribution in [0.15, 0.2) is 48.9 Å². The van der Waals surface area contributed by atoms with E-state index in [-0.39, 0.29) is 17.3 Å². The summed E-state index contributed by atoms with van der Waals surface area (Å²) in [5.41, 5.74) is 9.53. The first kappa shape index (κ1) is 46.9. The molecule has 296 valence electrons. The lowest BCUT2D eigenvalue weighted by Crippen LogP contribution is -2.57. The molecular formula is C40H69N5O7. The number of allylic oxidation sites excluding steroid dienone is 1. The average Bonchev–Trinajstić information content (AvgIpc) is 3.15. The Morgan fingerprint density at radius 3 is 2.35 bits per heavy atom. The van der Waals surface area contributed by atoms with Gasteiger partial charge in [-0.3, -0.25) is 9.69 Å². The number of anilines is 1. The summed E-state index contributed by atoms with van der Waals surface area (Å²) in [6.45, 7) is 18.8. The summed E-state index contributed by atoms with van der Waals surface area (Å²) in [7, 11) is 5.70. The summed E-state index contributed by atoms with van der Waals surface area (Å²) in [6.07, 6.45) is 6.83. The molecule has 4 N–H and O–H groups in total. The third kappa shape index (κ3) is 17.2. The monoisotopic (exact) mass is 732 g/mol. The fraction of sp³-hybridized carbons (Fsp3) is 0.650. The number of methoxy groups -OCH3 is 2. The van der Waals surface area contributed by atoms with Crippen LogP contribution < -0.4 is 10.6 Å².